The Morgan fingerprint density at radius 1 is 1.33 bits per heavy atom. The van der Waals surface area contributed by atoms with E-state index in [-0.39, 0.29) is 17.6 Å². The minimum Gasteiger partial charge on any atom is -0.350 e. The minimum atomic E-state index is -0.297. The average molecular weight is 331 g/mol. The van der Waals surface area contributed by atoms with E-state index in [4.69, 9.17) is 0 Å². The van der Waals surface area contributed by atoms with Gasteiger partial charge < -0.3 is 14.8 Å². The molecule has 1 atom stereocenters. The maximum Gasteiger partial charge on any atom is 0.320 e. The minimum absolute atomic E-state index is 0.0471. The topological polar surface area (TPSA) is 97.1 Å². The van der Waals surface area contributed by atoms with E-state index < -0.39 is 0 Å². The van der Waals surface area contributed by atoms with E-state index in [1.165, 1.54) is 4.57 Å². The van der Waals surface area contributed by atoms with Gasteiger partial charge in [0.1, 0.15) is 0 Å². The molecule has 1 aliphatic rings. The monoisotopic (exact) mass is 331 g/mol. The maximum atomic E-state index is 12.2. The van der Waals surface area contributed by atoms with Crippen LogP contribution < -0.4 is 21.1 Å². The van der Waals surface area contributed by atoms with Gasteiger partial charge in [-0.1, -0.05) is 0 Å². The first-order valence-electron chi connectivity index (χ1n) is 7.86. The molecule has 9 heteroatoms. The lowest BCUT2D eigenvalue weighted by atomic mass is 10.1. The lowest BCUT2D eigenvalue weighted by Crippen LogP contribution is -2.50. The number of carbonyl (C=O) groups excluding carboxylic acids is 1. The number of aryl methyl sites for hydroxylation is 2. The van der Waals surface area contributed by atoms with Crippen LogP contribution in [0.2, 0.25) is 0 Å². The summed E-state index contributed by atoms with van der Waals surface area (Å²) < 4.78 is 3.13. The van der Waals surface area contributed by atoms with Crippen molar-refractivity contribution in [2.24, 2.45) is 14.1 Å². The van der Waals surface area contributed by atoms with Crippen LogP contribution in [0.15, 0.2) is 29.5 Å². The Bertz CT molecular complexity index is 782. The highest BCUT2D eigenvalue weighted by Gasteiger charge is 2.24. The largest absolute Gasteiger partial charge is 0.350 e. The number of amides is 2. The Kier molecular flexibility index (Phi) is 4.50. The average Bonchev–Trinajstić information content (AvgIpc) is 2.95. The molecule has 128 valence electrons. The van der Waals surface area contributed by atoms with Crippen LogP contribution in [-0.2, 0) is 14.1 Å². The number of aromatic nitrogens is 4. The summed E-state index contributed by atoms with van der Waals surface area (Å²) in [5, 5.41) is 9.74. The molecule has 0 spiro atoms. The fourth-order valence-electron chi connectivity index (χ4n) is 2.81. The molecule has 0 unspecified atom stereocenters. The summed E-state index contributed by atoms with van der Waals surface area (Å²) in [5.41, 5.74) is -0.129. The highest BCUT2D eigenvalue weighted by molar-refractivity contribution is 5.88. The molecule has 2 aromatic heterocycles. The molecule has 0 aliphatic carbocycles. The van der Waals surface area contributed by atoms with E-state index in [9.17, 15) is 9.59 Å². The SMILES string of the molecule is Cn1ccc(NC(=O)N[C@@H]2CCCN(c3nccn(C)c3=O)C2)n1. The Morgan fingerprint density at radius 3 is 2.92 bits per heavy atom. The molecule has 3 heterocycles. The van der Waals surface area contributed by atoms with Crippen molar-refractivity contribution in [2.75, 3.05) is 23.3 Å². The molecular formula is C15H21N7O2. The van der Waals surface area contributed by atoms with Gasteiger partial charge in [0.2, 0.25) is 0 Å². The molecule has 1 saturated heterocycles. The van der Waals surface area contributed by atoms with Crippen LogP contribution in [0.3, 0.4) is 0 Å². The summed E-state index contributed by atoms with van der Waals surface area (Å²) >= 11 is 0. The van der Waals surface area contributed by atoms with Gasteiger partial charge in [0.05, 0.1) is 0 Å². The Morgan fingerprint density at radius 2 is 2.17 bits per heavy atom. The van der Waals surface area contributed by atoms with Gasteiger partial charge >= 0.3 is 6.03 Å². The summed E-state index contributed by atoms with van der Waals surface area (Å²) in [6.45, 7) is 1.31. The van der Waals surface area contributed by atoms with Crippen LogP contribution in [0.1, 0.15) is 12.8 Å². The molecular weight excluding hydrogens is 310 g/mol. The van der Waals surface area contributed by atoms with Crippen molar-refractivity contribution < 1.29 is 4.79 Å². The van der Waals surface area contributed by atoms with Crippen molar-refractivity contribution in [3.63, 3.8) is 0 Å². The fourth-order valence-corrected chi connectivity index (χ4v) is 2.81. The number of hydrogen-bond acceptors (Lipinski definition) is 5. The lowest BCUT2D eigenvalue weighted by molar-refractivity contribution is 0.246. The number of hydrogen-bond donors (Lipinski definition) is 2. The zero-order chi connectivity index (χ0) is 17.1. The lowest BCUT2D eigenvalue weighted by Gasteiger charge is -2.33. The first kappa shape index (κ1) is 16.0. The Balaban J connectivity index is 1.62. The molecule has 9 nitrogen and oxygen atoms in total. The predicted molar refractivity (Wildman–Crippen MR) is 90.1 cm³/mol. The van der Waals surface area contributed by atoms with Gasteiger partial charge in [-0.2, -0.15) is 5.10 Å². The third kappa shape index (κ3) is 3.55. The maximum absolute atomic E-state index is 12.2. The molecule has 2 N–H and O–H groups in total. The van der Waals surface area contributed by atoms with E-state index in [2.05, 4.69) is 20.7 Å². The second-order valence-corrected chi connectivity index (χ2v) is 5.93. The van der Waals surface area contributed by atoms with Crippen LogP contribution in [-0.4, -0.2) is 44.5 Å². The molecule has 0 aromatic carbocycles. The molecule has 0 saturated carbocycles. The van der Waals surface area contributed by atoms with Crippen molar-refractivity contribution in [2.45, 2.75) is 18.9 Å². The summed E-state index contributed by atoms with van der Waals surface area (Å²) in [4.78, 5) is 30.4. The van der Waals surface area contributed by atoms with Crippen LogP contribution in [0.25, 0.3) is 0 Å². The predicted octanol–water partition coefficient (Wildman–Crippen LogP) is 0.304. The molecule has 1 aliphatic heterocycles. The molecule has 0 radical (unpaired) electrons. The van der Waals surface area contributed by atoms with Crippen molar-refractivity contribution in [3.8, 4) is 0 Å². The van der Waals surface area contributed by atoms with Crippen molar-refractivity contribution >= 4 is 17.7 Å². The van der Waals surface area contributed by atoms with Gasteiger partial charge in [-0.25, -0.2) is 9.78 Å². The summed E-state index contributed by atoms with van der Waals surface area (Å²) in [6, 6.07) is 1.38. The van der Waals surface area contributed by atoms with Gasteiger partial charge in [-0.15, -0.1) is 0 Å². The number of piperidine rings is 1. The van der Waals surface area contributed by atoms with Crippen LogP contribution >= 0.6 is 0 Å². The highest BCUT2D eigenvalue weighted by atomic mass is 16.2. The van der Waals surface area contributed by atoms with Crippen molar-refractivity contribution in [1.29, 1.82) is 0 Å². The van der Waals surface area contributed by atoms with Crippen LogP contribution in [0.4, 0.5) is 16.4 Å². The Hall–Kier alpha value is -2.84. The van der Waals surface area contributed by atoms with E-state index in [0.29, 0.717) is 18.2 Å². The molecule has 3 rings (SSSR count). The van der Waals surface area contributed by atoms with E-state index in [0.717, 1.165) is 19.4 Å². The normalized spacial score (nSPS) is 17.6. The zero-order valence-electron chi connectivity index (χ0n) is 13.8. The molecule has 2 aromatic rings. The number of rotatable bonds is 3. The molecule has 0 bridgehead atoms. The summed E-state index contributed by atoms with van der Waals surface area (Å²) in [5.74, 6) is 0.929. The van der Waals surface area contributed by atoms with Crippen molar-refractivity contribution in [3.05, 3.63) is 35.0 Å². The molecule has 2 amide bonds. The van der Waals surface area contributed by atoms with Gasteiger partial charge in [0, 0.05) is 57.9 Å². The third-order valence-corrected chi connectivity index (χ3v) is 4.01. The van der Waals surface area contributed by atoms with E-state index in [1.807, 2.05) is 4.90 Å². The first-order valence-corrected chi connectivity index (χ1v) is 7.86. The summed E-state index contributed by atoms with van der Waals surface area (Å²) in [6.07, 6.45) is 6.75. The quantitative estimate of drug-likeness (QED) is 0.843. The van der Waals surface area contributed by atoms with E-state index >= 15 is 0 Å². The highest BCUT2D eigenvalue weighted by Crippen LogP contribution is 2.14. The first-order chi connectivity index (χ1) is 11.5. The third-order valence-electron chi connectivity index (χ3n) is 4.01. The fraction of sp³-hybridized carbons (Fsp3) is 0.467. The second-order valence-electron chi connectivity index (χ2n) is 5.93. The standard InChI is InChI=1S/C15H21N7O2/c1-20-9-6-16-13(14(20)23)22-7-3-4-11(10-22)17-15(24)18-12-5-8-21(2)19-12/h5-6,8-9,11H,3-4,7,10H2,1-2H3,(H2,17,18,19,24)/t11-/m1/s1. The van der Waals surface area contributed by atoms with Gasteiger partial charge in [0.25, 0.3) is 5.56 Å². The number of nitrogens with zero attached hydrogens (tertiary/aromatic N) is 5. The molecule has 1 fully saturated rings. The smallest absolute Gasteiger partial charge is 0.320 e. The number of nitrogens with one attached hydrogen (secondary N) is 2. The van der Waals surface area contributed by atoms with Crippen LogP contribution in [0, 0.1) is 0 Å². The van der Waals surface area contributed by atoms with Crippen molar-refractivity contribution in [1.82, 2.24) is 24.6 Å². The zero-order valence-corrected chi connectivity index (χ0v) is 13.8. The van der Waals surface area contributed by atoms with E-state index in [1.54, 1.807) is 43.4 Å². The molecule has 24 heavy (non-hydrogen) atoms. The summed E-state index contributed by atoms with van der Waals surface area (Å²) in [7, 11) is 3.49. The van der Waals surface area contributed by atoms with Gasteiger partial charge in [-0.05, 0) is 12.8 Å². The van der Waals surface area contributed by atoms with Gasteiger partial charge in [0.15, 0.2) is 11.6 Å². The number of urea groups is 1. The number of anilines is 2. The van der Waals surface area contributed by atoms with Gasteiger partial charge in [-0.3, -0.25) is 14.8 Å². The van der Waals surface area contributed by atoms with Crippen LogP contribution in [0.5, 0.6) is 0 Å². The Labute approximate surface area is 139 Å². The number of carbonyl (C=O) groups is 1. The second kappa shape index (κ2) is 6.73.